The summed E-state index contributed by atoms with van der Waals surface area (Å²) in [7, 11) is 0. The quantitative estimate of drug-likeness (QED) is 0.901. The molecule has 0 aliphatic carbocycles. The van der Waals surface area contributed by atoms with Crippen LogP contribution >= 0.6 is 0 Å². The third-order valence-electron chi connectivity index (χ3n) is 3.65. The summed E-state index contributed by atoms with van der Waals surface area (Å²) in [5.41, 5.74) is 1.16. The zero-order valence-electron chi connectivity index (χ0n) is 13.4. The van der Waals surface area contributed by atoms with Crippen LogP contribution in [0.25, 0.3) is 11.3 Å². The molecule has 3 rings (SSSR count). The van der Waals surface area contributed by atoms with Gasteiger partial charge in [0, 0.05) is 30.8 Å². The van der Waals surface area contributed by atoms with Gasteiger partial charge in [0.15, 0.2) is 0 Å². The van der Waals surface area contributed by atoms with Crippen LogP contribution in [0, 0.1) is 0 Å². The highest BCUT2D eigenvalue weighted by atomic mass is 16.5. The van der Waals surface area contributed by atoms with Crippen LogP contribution in [0.1, 0.15) is 37.6 Å². The average Bonchev–Trinajstić information content (AvgIpc) is 2.86. The molecular weight excluding hydrogens is 296 g/mol. The van der Waals surface area contributed by atoms with Crippen molar-refractivity contribution in [2.45, 2.75) is 45.9 Å². The van der Waals surface area contributed by atoms with Gasteiger partial charge in [-0.2, -0.15) is 5.10 Å². The minimum Gasteiger partial charge on any atom is -0.477 e. The van der Waals surface area contributed by atoms with Crippen LogP contribution in [0.5, 0.6) is 5.88 Å². The predicted octanol–water partition coefficient (Wildman–Crippen LogP) is 2.63. The number of pyridine rings is 1. The maximum Gasteiger partial charge on any atom is 0.343 e. The van der Waals surface area contributed by atoms with E-state index in [0.717, 1.165) is 12.2 Å². The zero-order chi connectivity index (χ0) is 16.6. The van der Waals surface area contributed by atoms with Crippen molar-refractivity contribution in [2.24, 2.45) is 0 Å². The molecule has 0 bridgehead atoms. The van der Waals surface area contributed by atoms with Crippen molar-refractivity contribution in [3.05, 3.63) is 23.9 Å². The molecule has 0 spiro atoms. The van der Waals surface area contributed by atoms with Gasteiger partial charge in [0.25, 0.3) is 0 Å². The molecule has 2 aromatic rings. The van der Waals surface area contributed by atoms with Crippen molar-refractivity contribution >= 4 is 11.8 Å². The molecule has 1 atom stereocenters. The molecule has 2 N–H and O–H groups in total. The molecule has 0 saturated carbocycles. The molecule has 0 aromatic carbocycles. The monoisotopic (exact) mass is 316 g/mol. The molecule has 23 heavy (non-hydrogen) atoms. The largest absolute Gasteiger partial charge is 0.477 e. The van der Waals surface area contributed by atoms with Crippen LogP contribution in [-0.2, 0) is 6.54 Å². The Bertz CT molecular complexity index is 722. The van der Waals surface area contributed by atoms with E-state index in [4.69, 9.17) is 4.74 Å². The summed E-state index contributed by atoms with van der Waals surface area (Å²) >= 11 is 0. The fraction of sp³-hybridized carbons (Fsp3) is 0.438. The Hall–Kier alpha value is -2.57. The molecule has 0 radical (unpaired) electrons. The van der Waals surface area contributed by atoms with Gasteiger partial charge in [-0.25, -0.2) is 14.5 Å². The van der Waals surface area contributed by atoms with Crippen molar-refractivity contribution in [2.75, 3.05) is 5.32 Å². The lowest BCUT2D eigenvalue weighted by Gasteiger charge is -2.21. The first kappa shape index (κ1) is 15.3. The van der Waals surface area contributed by atoms with Crippen LogP contribution in [0.15, 0.2) is 18.3 Å². The van der Waals surface area contributed by atoms with Crippen molar-refractivity contribution in [1.29, 1.82) is 0 Å². The van der Waals surface area contributed by atoms with Gasteiger partial charge in [0.2, 0.25) is 5.88 Å². The van der Waals surface area contributed by atoms with Gasteiger partial charge in [-0.1, -0.05) is 0 Å². The number of hydrogen-bond acceptors (Lipinski definition) is 5. The van der Waals surface area contributed by atoms with Crippen LogP contribution < -0.4 is 10.1 Å². The van der Waals surface area contributed by atoms with E-state index in [9.17, 15) is 9.90 Å². The Balaban J connectivity index is 2.01. The van der Waals surface area contributed by atoms with Crippen LogP contribution in [0.3, 0.4) is 0 Å². The van der Waals surface area contributed by atoms with E-state index >= 15 is 0 Å². The molecule has 7 heteroatoms. The topological polar surface area (TPSA) is 89.3 Å². The number of rotatable bonds is 4. The number of aromatic nitrogens is 3. The number of carbonyl (C=O) groups is 1. The maximum absolute atomic E-state index is 11.7. The second-order valence-corrected chi connectivity index (χ2v) is 6.01. The number of carboxylic acid groups (broad SMARTS) is 1. The number of anilines is 1. The summed E-state index contributed by atoms with van der Waals surface area (Å²) in [6, 6.07) is 3.92. The van der Waals surface area contributed by atoms with Crippen LogP contribution in [0.2, 0.25) is 0 Å². The summed E-state index contributed by atoms with van der Waals surface area (Å²) in [5, 5.41) is 17.2. The lowest BCUT2D eigenvalue weighted by Crippen LogP contribution is -2.24. The number of aryl methyl sites for hydroxylation is 1. The summed E-state index contributed by atoms with van der Waals surface area (Å²) in [4.78, 5) is 16.0. The Morgan fingerprint density at radius 2 is 2.26 bits per heavy atom. The number of hydrogen-bond donors (Lipinski definition) is 2. The number of carboxylic acids is 1. The van der Waals surface area contributed by atoms with Gasteiger partial charge in [-0.15, -0.1) is 0 Å². The van der Waals surface area contributed by atoms with E-state index in [-0.39, 0.29) is 17.7 Å². The van der Waals surface area contributed by atoms with E-state index in [1.807, 2.05) is 32.9 Å². The Labute approximate surface area is 134 Å². The van der Waals surface area contributed by atoms with Crippen LogP contribution in [0.4, 0.5) is 5.82 Å². The molecule has 122 valence electrons. The first-order chi connectivity index (χ1) is 11.0. The summed E-state index contributed by atoms with van der Waals surface area (Å²) in [5.74, 6) is 0.0323. The molecule has 1 aliphatic rings. The fourth-order valence-corrected chi connectivity index (χ4v) is 2.58. The molecular formula is C16H20N4O3. The van der Waals surface area contributed by atoms with E-state index in [1.54, 1.807) is 10.9 Å². The molecule has 0 fully saturated rings. The Morgan fingerprint density at radius 1 is 1.48 bits per heavy atom. The molecule has 7 nitrogen and oxygen atoms in total. The maximum atomic E-state index is 11.7. The number of fused-ring (bicyclic) bond motifs is 1. The Morgan fingerprint density at radius 3 is 2.87 bits per heavy atom. The molecule has 1 aliphatic heterocycles. The molecule has 0 amide bonds. The Kier molecular flexibility index (Phi) is 3.94. The van der Waals surface area contributed by atoms with E-state index in [0.29, 0.717) is 23.7 Å². The highest BCUT2D eigenvalue weighted by Gasteiger charge is 2.29. The summed E-state index contributed by atoms with van der Waals surface area (Å²) < 4.78 is 7.31. The van der Waals surface area contributed by atoms with E-state index < -0.39 is 5.97 Å². The number of nitrogens with zero attached hydrogens (tertiary/aromatic N) is 3. The van der Waals surface area contributed by atoms with Gasteiger partial charge in [-0.05, 0) is 32.9 Å². The second-order valence-electron chi connectivity index (χ2n) is 6.01. The van der Waals surface area contributed by atoms with Gasteiger partial charge in [0.05, 0.1) is 6.10 Å². The van der Waals surface area contributed by atoms with Crippen molar-refractivity contribution < 1.29 is 14.6 Å². The highest BCUT2D eigenvalue weighted by molar-refractivity contribution is 5.97. The predicted molar refractivity (Wildman–Crippen MR) is 85.9 cm³/mol. The number of aromatic carboxylic acids is 1. The first-order valence-corrected chi connectivity index (χ1v) is 7.69. The summed E-state index contributed by atoms with van der Waals surface area (Å²) in [6.07, 6.45) is 2.43. The third-order valence-corrected chi connectivity index (χ3v) is 3.65. The van der Waals surface area contributed by atoms with Gasteiger partial charge in [-0.3, -0.25) is 0 Å². The van der Waals surface area contributed by atoms with E-state index in [2.05, 4.69) is 15.4 Å². The molecule has 0 unspecified atom stereocenters. The smallest absolute Gasteiger partial charge is 0.343 e. The minimum absolute atomic E-state index is 0.0131. The van der Waals surface area contributed by atoms with Gasteiger partial charge >= 0.3 is 5.97 Å². The lowest BCUT2D eigenvalue weighted by atomic mass is 10.1. The second kappa shape index (κ2) is 5.91. The third kappa shape index (κ3) is 2.99. The molecule has 2 aromatic heterocycles. The molecule has 0 saturated heterocycles. The fourth-order valence-electron chi connectivity index (χ4n) is 2.58. The number of ether oxygens (including phenoxy) is 1. The summed E-state index contributed by atoms with van der Waals surface area (Å²) in [6.45, 7) is 6.63. The van der Waals surface area contributed by atoms with Gasteiger partial charge < -0.3 is 15.2 Å². The van der Waals surface area contributed by atoms with Crippen molar-refractivity contribution in [1.82, 2.24) is 14.8 Å². The number of nitrogens with one attached hydrogen (secondary N) is 1. The van der Waals surface area contributed by atoms with E-state index in [1.165, 1.54) is 0 Å². The normalized spacial score (nSPS) is 16.8. The lowest BCUT2D eigenvalue weighted by molar-refractivity contribution is 0.0684. The average molecular weight is 316 g/mol. The standard InChI is InChI=1S/C16H20N4O3/c1-9(2)18-12-5-4-11(8-17-12)14-13(16(21)22)15-20(19-14)7-6-10(3)23-15/h4-5,8-10H,6-7H2,1-3H3,(H,17,18)(H,21,22)/t10-/m1/s1. The first-order valence-electron chi connectivity index (χ1n) is 7.69. The van der Waals surface area contributed by atoms with Crippen molar-refractivity contribution in [3.63, 3.8) is 0 Å². The van der Waals surface area contributed by atoms with Gasteiger partial charge in [0.1, 0.15) is 17.1 Å². The SMILES string of the molecule is CC(C)Nc1ccc(-c2nn3c(c2C(=O)O)O[C@H](C)CC3)cn1. The molecule has 3 heterocycles. The highest BCUT2D eigenvalue weighted by Crippen LogP contribution is 2.33. The van der Waals surface area contributed by atoms with Crippen molar-refractivity contribution in [3.8, 4) is 17.1 Å². The van der Waals surface area contributed by atoms with Crippen LogP contribution in [-0.4, -0.2) is 38.0 Å². The zero-order valence-corrected chi connectivity index (χ0v) is 13.4. The minimum atomic E-state index is -1.04.